The number of esters is 2. The first-order chi connectivity index (χ1) is 12.9. The Morgan fingerprint density at radius 1 is 0.964 bits per heavy atom. The Bertz CT molecular complexity index is 1080. The lowest BCUT2D eigenvalue weighted by molar-refractivity contribution is -0.144. The van der Waals surface area contributed by atoms with Gasteiger partial charge in [0.25, 0.3) is 5.56 Å². The van der Waals surface area contributed by atoms with E-state index in [0.717, 1.165) is 21.3 Å². The summed E-state index contributed by atoms with van der Waals surface area (Å²) >= 11 is 0. The molecular weight excluding hydrogens is 392 g/mol. The zero-order valence-electron chi connectivity index (χ0n) is 14.6. The molecule has 0 aliphatic heterocycles. The highest BCUT2D eigenvalue weighted by Gasteiger charge is 2.35. The van der Waals surface area contributed by atoms with Crippen LogP contribution in [0.15, 0.2) is 27.8 Å². The van der Waals surface area contributed by atoms with E-state index in [9.17, 15) is 36.7 Å². The topological polar surface area (TPSA) is 96.6 Å². The van der Waals surface area contributed by atoms with Crippen LogP contribution in [0.3, 0.4) is 0 Å². The smallest absolute Gasteiger partial charge is 0.431 e. The Kier molecular flexibility index (Phi) is 5.43. The van der Waals surface area contributed by atoms with E-state index in [2.05, 4.69) is 9.47 Å². The number of ether oxygens (including phenoxy) is 2. The molecule has 0 bridgehead atoms. The minimum atomic E-state index is -5.00. The molecule has 2 rings (SSSR count). The normalized spacial score (nSPS) is 11.2. The number of alkyl halides is 3. The van der Waals surface area contributed by atoms with E-state index in [1.165, 1.54) is 0 Å². The molecule has 0 N–H and O–H groups in total. The van der Waals surface area contributed by atoms with E-state index in [0.29, 0.717) is 12.1 Å². The molecule has 28 heavy (non-hydrogen) atoms. The number of nitrogens with zero attached hydrogens (tertiary/aromatic N) is 2. The van der Waals surface area contributed by atoms with Crippen molar-refractivity contribution in [3.63, 3.8) is 0 Å². The first-order valence-corrected chi connectivity index (χ1v) is 7.34. The van der Waals surface area contributed by atoms with Gasteiger partial charge in [-0.3, -0.25) is 9.36 Å². The third-order valence-corrected chi connectivity index (χ3v) is 3.75. The fourth-order valence-electron chi connectivity index (χ4n) is 2.41. The number of benzene rings is 1. The highest BCUT2D eigenvalue weighted by Crippen LogP contribution is 2.27. The van der Waals surface area contributed by atoms with Crippen molar-refractivity contribution in [2.45, 2.75) is 6.18 Å². The molecule has 150 valence electrons. The van der Waals surface area contributed by atoms with E-state index in [1.807, 2.05) is 0 Å². The van der Waals surface area contributed by atoms with Crippen LogP contribution in [0.1, 0.15) is 26.4 Å². The van der Waals surface area contributed by atoms with Gasteiger partial charge in [-0.2, -0.15) is 13.2 Å². The molecule has 0 amide bonds. The largest absolute Gasteiger partial charge is 0.465 e. The molecule has 0 atom stereocenters. The van der Waals surface area contributed by atoms with Gasteiger partial charge in [0.05, 0.1) is 31.0 Å². The summed E-state index contributed by atoms with van der Waals surface area (Å²) in [4.78, 5) is 48.0. The second kappa shape index (κ2) is 7.29. The maximum atomic E-state index is 14.5. The number of aromatic nitrogens is 2. The zero-order chi connectivity index (χ0) is 21.4. The van der Waals surface area contributed by atoms with Gasteiger partial charge in [0.15, 0.2) is 0 Å². The second-order valence-corrected chi connectivity index (χ2v) is 5.37. The summed E-state index contributed by atoms with van der Waals surface area (Å²) in [6.45, 7) is 0. The summed E-state index contributed by atoms with van der Waals surface area (Å²) in [6, 6.07) is 1.26. The fourth-order valence-corrected chi connectivity index (χ4v) is 2.41. The predicted octanol–water partition coefficient (Wildman–Crippen LogP) is 1.27. The van der Waals surface area contributed by atoms with Crippen LogP contribution in [-0.4, -0.2) is 35.3 Å². The Balaban J connectivity index is 2.89. The summed E-state index contributed by atoms with van der Waals surface area (Å²) in [7, 11) is 2.66. The zero-order valence-corrected chi connectivity index (χ0v) is 14.6. The van der Waals surface area contributed by atoms with Crippen molar-refractivity contribution in [2.75, 3.05) is 14.2 Å². The molecule has 2 aromatic rings. The number of hydrogen-bond donors (Lipinski definition) is 0. The van der Waals surface area contributed by atoms with E-state index >= 15 is 0 Å². The molecule has 12 heteroatoms. The van der Waals surface area contributed by atoms with Crippen LogP contribution in [0.5, 0.6) is 0 Å². The Hall–Kier alpha value is -3.44. The average molecular weight is 404 g/mol. The SMILES string of the molecule is COC(=O)c1cc(F)c(-n2c(=O)cc(C(F)(F)F)n(C)c2=O)cc1C(=O)OC. The molecule has 1 heterocycles. The quantitative estimate of drug-likeness (QED) is 0.565. The monoisotopic (exact) mass is 404 g/mol. The van der Waals surface area contributed by atoms with Crippen LogP contribution in [0, 0.1) is 5.82 Å². The molecular formula is C16H12F4N2O6. The van der Waals surface area contributed by atoms with Crippen molar-refractivity contribution in [3.05, 3.63) is 61.7 Å². The van der Waals surface area contributed by atoms with Gasteiger partial charge in [0, 0.05) is 13.1 Å². The molecule has 8 nitrogen and oxygen atoms in total. The lowest BCUT2D eigenvalue weighted by atomic mass is 10.1. The van der Waals surface area contributed by atoms with Crippen molar-refractivity contribution in [1.82, 2.24) is 9.13 Å². The molecule has 0 unspecified atom stereocenters. The van der Waals surface area contributed by atoms with Gasteiger partial charge in [-0.1, -0.05) is 0 Å². The summed E-state index contributed by atoms with van der Waals surface area (Å²) in [5.41, 5.74) is -6.51. The highest BCUT2D eigenvalue weighted by atomic mass is 19.4. The van der Waals surface area contributed by atoms with Gasteiger partial charge in [0.1, 0.15) is 11.5 Å². The van der Waals surface area contributed by atoms with Gasteiger partial charge < -0.3 is 9.47 Å². The number of halogens is 4. The molecule has 0 spiro atoms. The predicted molar refractivity (Wildman–Crippen MR) is 84.9 cm³/mol. The van der Waals surface area contributed by atoms with Crippen molar-refractivity contribution in [2.24, 2.45) is 7.05 Å². The minimum Gasteiger partial charge on any atom is -0.465 e. The van der Waals surface area contributed by atoms with Gasteiger partial charge in [0.2, 0.25) is 0 Å². The highest BCUT2D eigenvalue weighted by molar-refractivity contribution is 6.03. The summed E-state index contributed by atoms with van der Waals surface area (Å²) < 4.78 is 62.4. The minimum absolute atomic E-state index is 0.0953. The number of carbonyl (C=O) groups excluding carboxylic acids is 2. The standard InChI is InChI=1S/C16H12F4N2O6/c1-21-11(16(18,19)20)6-12(23)22(15(21)26)10-5-8(14(25)28-3)7(4-9(10)17)13(24)27-2/h4-6H,1-3H3. The van der Waals surface area contributed by atoms with Crippen LogP contribution < -0.4 is 11.2 Å². The molecule has 0 radical (unpaired) electrons. The number of rotatable bonds is 3. The first kappa shape index (κ1) is 20.9. The van der Waals surface area contributed by atoms with E-state index in [-0.39, 0.29) is 15.2 Å². The van der Waals surface area contributed by atoms with Gasteiger partial charge in [-0.05, 0) is 12.1 Å². The van der Waals surface area contributed by atoms with Gasteiger partial charge in [-0.25, -0.2) is 23.3 Å². The van der Waals surface area contributed by atoms with Gasteiger partial charge >= 0.3 is 23.8 Å². The Morgan fingerprint density at radius 2 is 1.46 bits per heavy atom. The fraction of sp³-hybridized carbons (Fsp3) is 0.250. The van der Waals surface area contributed by atoms with Crippen LogP contribution in [-0.2, 0) is 22.7 Å². The molecule has 0 aliphatic rings. The summed E-state index contributed by atoms with van der Waals surface area (Å²) in [6.07, 6.45) is -5.00. The average Bonchev–Trinajstić information content (AvgIpc) is 2.63. The van der Waals surface area contributed by atoms with E-state index in [4.69, 9.17) is 0 Å². The molecule has 0 saturated heterocycles. The lowest BCUT2D eigenvalue weighted by Gasteiger charge is -2.15. The molecule has 1 aromatic heterocycles. The third kappa shape index (κ3) is 3.52. The maximum Gasteiger partial charge on any atom is 0.431 e. The van der Waals surface area contributed by atoms with Crippen LogP contribution in [0.4, 0.5) is 17.6 Å². The maximum absolute atomic E-state index is 14.5. The van der Waals surface area contributed by atoms with Crippen LogP contribution in [0.2, 0.25) is 0 Å². The number of carbonyl (C=O) groups is 2. The van der Waals surface area contributed by atoms with E-state index in [1.54, 1.807) is 0 Å². The number of methoxy groups -OCH3 is 2. The van der Waals surface area contributed by atoms with Crippen LogP contribution >= 0.6 is 0 Å². The number of hydrogen-bond acceptors (Lipinski definition) is 6. The first-order valence-electron chi connectivity index (χ1n) is 7.34. The summed E-state index contributed by atoms with van der Waals surface area (Å²) in [5, 5.41) is 0. The van der Waals surface area contributed by atoms with Crippen molar-refractivity contribution in [3.8, 4) is 5.69 Å². The van der Waals surface area contributed by atoms with Crippen LogP contribution in [0.25, 0.3) is 5.69 Å². The lowest BCUT2D eigenvalue weighted by Crippen LogP contribution is -2.41. The molecule has 0 aliphatic carbocycles. The molecule has 1 aromatic carbocycles. The summed E-state index contributed by atoms with van der Waals surface area (Å²) in [5.74, 6) is -3.57. The Labute approximate surface area is 153 Å². The second-order valence-electron chi connectivity index (χ2n) is 5.37. The third-order valence-electron chi connectivity index (χ3n) is 3.75. The van der Waals surface area contributed by atoms with Crippen molar-refractivity contribution >= 4 is 11.9 Å². The molecule has 0 saturated carbocycles. The van der Waals surface area contributed by atoms with Crippen molar-refractivity contribution < 1.29 is 36.6 Å². The van der Waals surface area contributed by atoms with Crippen molar-refractivity contribution in [1.29, 1.82) is 0 Å². The van der Waals surface area contributed by atoms with Gasteiger partial charge in [-0.15, -0.1) is 0 Å². The molecule has 0 fully saturated rings. The Morgan fingerprint density at radius 3 is 1.93 bits per heavy atom. The van der Waals surface area contributed by atoms with E-state index < -0.39 is 57.7 Å².